The first-order valence-corrected chi connectivity index (χ1v) is 13.4. The SMILES string of the molecule is O=C(O)c1ccc(CNC(=O)c2cc(-c3ccc(F)cc3)cc3ccn(Cc4ccc(-c5cccnc5)cc4)c23)cc1. The molecule has 0 fully saturated rings. The highest BCUT2D eigenvalue weighted by atomic mass is 19.1. The molecule has 0 radical (unpaired) electrons. The van der Waals surface area contributed by atoms with Crippen LogP contribution in [0.5, 0.6) is 0 Å². The van der Waals surface area contributed by atoms with Crippen molar-refractivity contribution in [2.24, 2.45) is 0 Å². The molecule has 0 spiro atoms. The molecule has 2 heterocycles. The van der Waals surface area contributed by atoms with Gasteiger partial charge in [-0.05, 0) is 81.9 Å². The molecule has 0 saturated carbocycles. The van der Waals surface area contributed by atoms with E-state index in [-0.39, 0.29) is 23.8 Å². The Morgan fingerprint density at radius 3 is 2.17 bits per heavy atom. The van der Waals surface area contributed by atoms with Gasteiger partial charge < -0.3 is 15.0 Å². The second-order valence-electron chi connectivity index (χ2n) is 10.0. The maximum atomic E-state index is 13.7. The zero-order chi connectivity index (χ0) is 29.1. The van der Waals surface area contributed by atoms with Crippen molar-refractivity contribution >= 4 is 22.8 Å². The molecule has 6 rings (SSSR count). The van der Waals surface area contributed by atoms with Crippen molar-refractivity contribution in [2.45, 2.75) is 13.1 Å². The number of nitrogens with zero attached hydrogens (tertiary/aromatic N) is 2. The average Bonchev–Trinajstić information content (AvgIpc) is 3.43. The topological polar surface area (TPSA) is 84.2 Å². The zero-order valence-electron chi connectivity index (χ0n) is 22.5. The number of halogens is 1. The third kappa shape index (κ3) is 5.67. The summed E-state index contributed by atoms with van der Waals surface area (Å²) in [4.78, 5) is 29.0. The lowest BCUT2D eigenvalue weighted by Crippen LogP contribution is -2.23. The molecule has 4 aromatic carbocycles. The molecule has 6 nitrogen and oxygen atoms in total. The fraction of sp³-hybridized carbons (Fsp3) is 0.0571. The first-order chi connectivity index (χ1) is 20.4. The van der Waals surface area contributed by atoms with E-state index in [1.54, 1.807) is 30.5 Å². The van der Waals surface area contributed by atoms with Gasteiger partial charge in [0, 0.05) is 37.1 Å². The average molecular weight is 556 g/mol. The minimum atomic E-state index is -1.00. The number of amides is 1. The van der Waals surface area contributed by atoms with E-state index in [1.807, 2.05) is 42.7 Å². The van der Waals surface area contributed by atoms with Crippen molar-refractivity contribution in [3.63, 3.8) is 0 Å². The first kappa shape index (κ1) is 26.7. The highest BCUT2D eigenvalue weighted by Gasteiger charge is 2.17. The van der Waals surface area contributed by atoms with Crippen LogP contribution in [0.4, 0.5) is 4.39 Å². The number of aromatic carboxylic acids is 1. The van der Waals surface area contributed by atoms with E-state index in [0.717, 1.165) is 44.3 Å². The molecule has 0 bridgehead atoms. The molecular formula is C35H26FN3O3. The maximum Gasteiger partial charge on any atom is 0.335 e. The first-order valence-electron chi connectivity index (χ1n) is 13.4. The molecule has 6 aromatic rings. The number of pyridine rings is 1. The number of carboxylic acids is 1. The van der Waals surface area contributed by atoms with E-state index >= 15 is 0 Å². The van der Waals surface area contributed by atoms with Crippen molar-refractivity contribution in [1.29, 1.82) is 0 Å². The van der Waals surface area contributed by atoms with E-state index in [4.69, 9.17) is 5.11 Å². The van der Waals surface area contributed by atoms with Crippen LogP contribution in [0, 0.1) is 5.82 Å². The Balaban J connectivity index is 1.33. The number of hydrogen-bond acceptors (Lipinski definition) is 3. The molecule has 0 aliphatic rings. The summed E-state index contributed by atoms with van der Waals surface area (Å²) in [5.41, 5.74) is 7.04. The van der Waals surface area contributed by atoms with Crippen LogP contribution >= 0.6 is 0 Å². The monoisotopic (exact) mass is 555 g/mol. The number of carbonyl (C=O) groups excluding carboxylic acids is 1. The van der Waals surface area contributed by atoms with Gasteiger partial charge in [0.1, 0.15) is 5.82 Å². The number of benzene rings is 4. The molecule has 0 aliphatic carbocycles. The van der Waals surface area contributed by atoms with Gasteiger partial charge in [0.15, 0.2) is 0 Å². The standard InChI is InChI=1S/C35H26FN3O3/c36-31-13-11-26(12-14-31)30-18-28-15-17-39(22-24-5-7-25(8-6-24)29-2-1-16-37-21-29)33(28)32(19-30)34(40)38-20-23-3-9-27(10-4-23)35(41)42/h1-19,21H,20,22H2,(H,38,40)(H,41,42). The normalized spacial score (nSPS) is 11.0. The number of carbonyl (C=O) groups is 2. The van der Waals surface area contributed by atoms with Crippen LogP contribution in [0.15, 0.2) is 122 Å². The van der Waals surface area contributed by atoms with E-state index in [9.17, 15) is 14.0 Å². The van der Waals surface area contributed by atoms with Gasteiger partial charge in [0.2, 0.25) is 0 Å². The van der Waals surface area contributed by atoms with Gasteiger partial charge in [0.25, 0.3) is 5.91 Å². The Morgan fingerprint density at radius 2 is 1.48 bits per heavy atom. The summed E-state index contributed by atoms with van der Waals surface area (Å²) in [7, 11) is 0. The van der Waals surface area contributed by atoms with Crippen LogP contribution < -0.4 is 5.32 Å². The minimum Gasteiger partial charge on any atom is -0.478 e. The molecule has 42 heavy (non-hydrogen) atoms. The van der Waals surface area contributed by atoms with Crippen LogP contribution in [0.25, 0.3) is 33.2 Å². The predicted molar refractivity (Wildman–Crippen MR) is 161 cm³/mol. The Bertz CT molecular complexity index is 1880. The van der Waals surface area contributed by atoms with Crippen molar-refractivity contribution in [3.8, 4) is 22.3 Å². The Labute approximate surface area is 241 Å². The van der Waals surface area contributed by atoms with Gasteiger partial charge in [-0.15, -0.1) is 0 Å². The van der Waals surface area contributed by atoms with Crippen molar-refractivity contribution in [3.05, 3.63) is 150 Å². The number of hydrogen-bond donors (Lipinski definition) is 2. The molecule has 206 valence electrons. The van der Waals surface area contributed by atoms with Crippen molar-refractivity contribution < 1.29 is 19.1 Å². The minimum absolute atomic E-state index is 0.185. The lowest BCUT2D eigenvalue weighted by molar-refractivity contribution is 0.0696. The second kappa shape index (κ2) is 11.5. The summed E-state index contributed by atoms with van der Waals surface area (Å²) in [6.07, 6.45) is 5.55. The zero-order valence-corrected chi connectivity index (χ0v) is 22.5. The van der Waals surface area contributed by atoms with Crippen LogP contribution in [-0.4, -0.2) is 26.5 Å². The number of carboxylic acid groups (broad SMARTS) is 1. The summed E-state index contributed by atoms with van der Waals surface area (Å²) in [6, 6.07) is 30.6. The molecular weight excluding hydrogens is 529 g/mol. The molecule has 0 aliphatic heterocycles. The third-order valence-corrected chi connectivity index (χ3v) is 7.24. The van der Waals surface area contributed by atoms with E-state index < -0.39 is 5.97 Å². The fourth-order valence-corrected chi connectivity index (χ4v) is 5.04. The largest absolute Gasteiger partial charge is 0.478 e. The molecule has 2 N–H and O–H groups in total. The molecule has 7 heteroatoms. The Kier molecular flexibility index (Phi) is 7.30. The molecule has 0 atom stereocenters. The molecule has 1 amide bonds. The third-order valence-electron chi connectivity index (χ3n) is 7.24. The van der Waals surface area contributed by atoms with Gasteiger partial charge in [-0.25, -0.2) is 9.18 Å². The van der Waals surface area contributed by atoms with Crippen LogP contribution in [0.2, 0.25) is 0 Å². The summed E-state index contributed by atoms with van der Waals surface area (Å²) in [5, 5.41) is 13.0. The summed E-state index contributed by atoms with van der Waals surface area (Å²) >= 11 is 0. The van der Waals surface area contributed by atoms with Gasteiger partial charge in [-0.1, -0.05) is 54.6 Å². The van der Waals surface area contributed by atoms with E-state index in [0.29, 0.717) is 12.1 Å². The van der Waals surface area contributed by atoms with Crippen LogP contribution in [-0.2, 0) is 13.1 Å². The number of aromatic nitrogens is 2. The molecule has 0 unspecified atom stereocenters. The quantitative estimate of drug-likeness (QED) is 0.208. The van der Waals surface area contributed by atoms with E-state index in [2.05, 4.69) is 39.1 Å². The van der Waals surface area contributed by atoms with Crippen LogP contribution in [0.1, 0.15) is 31.8 Å². The lowest BCUT2D eigenvalue weighted by Gasteiger charge is -2.14. The predicted octanol–water partition coefficient (Wildman–Crippen LogP) is 7.19. The number of fused-ring (bicyclic) bond motifs is 1. The van der Waals surface area contributed by atoms with Gasteiger partial charge >= 0.3 is 5.97 Å². The molecule has 0 saturated heterocycles. The second-order valence-corrected chi connectivity index (χ2v) is 10.0. The number of nitrogens with one attached hydrogen (secondary N) is 1. The molecule has 2 aromatic heterocycles. The van der Waals surface area contributed by atoms with Crippen molar-refractivity contribution in [2.75, 3.05) is 0 Å². The van der Waals surface area contributed by atoms with Gasteiger partial charge in [0.05, 0.1) is 16.6 Å². The smallest absolute Gasteiger partial charge is 0.335 e. The number of rotatable bonds is 8. The summed E-state index contributed by atoms with van der Waals surface area (Å²) < 4.78 is 15.7. The highest BCUT2D eigenvalue weighted by molar-refractivity contribution is 6.08. The Morgan fingerprint density at radius 1 is 0.786 bits per heavy atom. The maximum absolute atomic E-state index is 13.7. The van der Waals surface area contributed by atoms with Crippen LogP contribution in [0.3, 0.4) is 0 Å². The van der Waals surface area contributed by atoms with E-state index in [1.165, 1.54) is 24.3 Å². The van der Waals surface area contributed by atoms with Crippen molar-refractivity contribution in [1.82, 2.24) is 14.9 Å². The lowest BCUT2D eigenvalue weighted by atomic mass is 9.99. The fourth-order valence-electron chi connectivity index (χ4n) is 5.04. The van der Waals surface area contributed by atoms with Gasteiger partial charge in [-0.2, -0.15) is 0 Å². The summed E-state index contributed by atoms with van der Waals surface area (Å²) in [6.45, 7) is 0.793. The highest BCUT2D eigenvalue weighted by Crippen LogP contribution is 2.30. The van der Waals surface area contributed by atoms with Gasteiger partial charge in [-0.3, -0.25) is 9.78 Å². The Hall–Kier alpha value is -5.56. The summed E-state index contributed by atoms with van der Waals surface area (Å²) in [5.74, 6) is -1.59.